The first-order valence-corrected chi connectivity index (χ1v) is 32.1. The van der Waals surface area contributed by atoms with E-state index < -0.39 is 143 Å². The van der Waals surface area contributed by atoms with Gasteiger partial charge in [-0.1, -0.05) is 34.6 Å². The molecule has 7 heterocycles. The fourth-order valence-electron chi connectivity index (χ4n) is 15.4. The number of primary amides is 6. The molecule has 2 fully saturated rings. The number of fused-ring (bicyclic) bond motifs is 7. The lowest BCUT2D eigenvalue weighted by Gasteiger charge is -2.48. The van der Waals surface area contributed by atoms with E-state index in [2.05, 4.69) is 15.6 Å². The van der Waals surface area contributed by atoms with Crippen molar-refractivity contribution >= 4 is 77.3 Å². The van der Waals surface area contributed by atoms with Crippen LogP contribution in [0.3, 0.4) is 0 Å². The first-order chi connectivity index (χ1) is 41.8. The van der Waals surface area contributed by atoms with Crippen molar-refractivity contribution in [2.24, 2.45) is 94.7 Å². The number of phosphoric ester groups is 1. The van der Waals surface area contributed by atoms with E-state index >= 15 is 0 Å². The van der Waals surface area contributed by atoms with Gasteiger partial charge in [0.2, 0.25) is 41.4 Å². The van der Waals surface area contributed by atoms with Gasteiger partial charge in [0.05, 0.1) is 41.7 Å². The van der Waals surface area contributed by atoms with Crippen LogP contribution >= 0.6 is 7.82 Å². The number of rotatable bonds is 26. The second-order valence-corrected chi connectivity index (χ2v) is 28.4. The molecular weight excluding hydrogens is 1180 g/mol. The third-order valence-corrected chi connectivity index (χ3v) is 21.7. The molecule has 6 aliphatic heterocycles. The van der Waals surface area contributed by atoms with Gasteiger partial charge in [-0.25, -0.2) is 9.55 Å². The number of phosphoric acid groups is 1. The first kappa shape index (κ1) is 68.9. The molecule has 90 heavy (non-hydrogen) atoms. The number of aliphatic hydroxyl groups is 2. The largest absolute Gasteiger partial charge is 0.472 e. The molecule has 492 valence electrons. The van der Waals surface area contributed by atoms with E-state index in [1.54, 1.807) is 4.57 Å². The summed E-state index contributed by atoms with van der Waals surface area (Å²) in [6.45, 7) is 19.3. The molecule has 7 amide bonds. The summed E-state index contributed by atoms with van der Waals surface area (Å²) in [5.41, 5.74) is 37.4. The number of hydrogen-bond acceptors (Lipinski definition) is 18. The van der Waals surface area contributed by atoms with Crippen molar-refractivity contribution in [3.05, 3.63) is 63.9 Å². The maximum atomic E-state index is 14.4. The summed E-state index contributed by atoms with van der Waals surface area (Å²) in [4.78, 5) is 126. The molecule has 8 rings (SSSR count). The number of aromatic nitrogens is 2. The number of carbonyl (C=O) groups is 7. The average molecular weight is 1270 g/mol. The van der Waals surface area contributed by atoms with Crippen LogP contribution in [0.25, 0.3) is 11.0 Å². The zero-order chi connectivity index (χ0) is 66.7. The van der Waals surface area contributed by atoms with Crippen LogP contribution in [-0.4, -0.2) is 132 Å². The van der Waals surface area contributed by atoms with Crippen molar-refractivity contribution in [3.8, 4) is 0 Å². The number of allylic oxidation sites excluding steroid dienone is 6. The first-order valence-electron chi connectivity index (χ1n) is 30.6. The molecule has 0 aliphatic carbocycles. The Morgan fingerprint density at radius 3 is 1.99 bits per heavy atom. The van der Waals surface area contributed by atoms with Crippen molar-refractivity contribution in [2.45, 2.75) is 189 Å². The van der Waals surface area contributed by atoms with Crippen molar-refractivity contribution < 1.29 is 67.0 Å². The van der Waals surface area contributed by atoms with Gasteiger partial charge in [0, 0.05) is 131 Å². The van der Waals surface area contributed by atoms with Crippen LogP contribution in [0.5, 0.6) is 0 Å². The van der Waals surface area contributed by atoms with Gasteiger partial charge in [-0.3, -0.25) is 57.6 Å². The molecule has 0 spiro atoms. The molecular formula is C62H90N13O14P. The van der Waals surface area contributed by atoms with Gasteiger partial charge in [0.25, 0.3) is 0 Å². The Balaban J connectivity index is 1.19. The van der Waals surface area contributed by atoms with E-state index in [4.69, 9.17) is 63.2 Å². The molecule has 2 aromatic rings. The maximum absolute atomic E-state index is 14.4. The normalized spacial score (nSPS) is 32.8. The van der Waals surface area contributed by atoms with Gasteiger partial charge < -0.3 is 69.4 Å². The van der Waals surface area contributed by atoms with Crippen LogP contribution in [-0.2, 0) is 51.9 Å². The molecule has 0 radical (unpaired) electrons. The van der Waals surface area contributed by atoms with Crippen molar-refractivity contribution in [3.63, 3.8) is 0 Å². The SMILES string of the molecule is CC1=C2N=C(C=C3N/C(=C(/C)C4=N[C@@](C)([C@@H]5N=C1[C@](C)(CCC(=O)NC[C@@H](C)OP(=O)(O)OC1C(O)[C@@H](n6cnc7cc(C)c(C)cc76)O[C@@H]1CO)[C@H]5CC(N)=O)[C@@](C)(CC(N)=O)[C@@H]4CCC(N)=O)[C@@](C)(CC(N)=O)[C@@H]3CCC(N)=O)C(C)(C)[C@@H]2CCC(N)=O. The minimum absolute atomic E-state index is 0.0114. The molecule has 6 aliphatic rings. The number of benzene rings is 1. The summed E-state index contributed by atoms with van der Waals surface area (Å²) in [6, 6.07) is 2.70. The third-order valence-electron chi connectivity index (χ3n) is 20.6. The van der Waals surface area contributed by atoms with E-state index in [0.29, 0.717) is 56.4 Å². The summed E-state index contributed by atoms with van der Waals surface area (Å²) in [5.74, 6) is -7.18. The second kappa shape index (κ2) is 25.6. The molecule has 1 aromatic carbocycles. The van der Waals surface area contributed by atoms with Crippen molar-refractivity contribution in [1.82, 2.24) is 20.2 Å². The molecule has 8 bridgehead atoms. The number of amides is 7. The smallest absolute Gasteiger partial charge is 0.394 e. The zero-order valence-corrected chi connectivity index (χ0v) is 54.1. The van der Waals surface area contributed by atoms with Crippen LogP contribution in [0, 0.1) is 59.2 Å². The van der Waals surface area contributed by atoms with Gasteiger partial charge in [-0.2, -0.15) is 0 Å². The summed E-state index contributed by atoms with van der Waals surface area (Å²) >= 11 is 0. The van der Waals surface area contributed by atoms with E-state index in [9.17, 15) is 53.2 Å². The van der Waals surface area contributed by atoms with Crippen molar-refractivity contribution in [2.75, 3.05) is 13.2 Å². The Hall–Kier alpha value is -7.00. The Kier molecular flexibility index (Phi) is 19.6. The summed E-state index contributed by atoms with van der Waals surface area (Å²) in [7, 11) is -5.07. The Morgan fingerprint density at radius 2 is 1.40 bits per heavy atom. The summed E-state index contributed by atoms with van der Waals surface area (Å²) < 4.78 is 32.3. The number of aliphatic imine (C=N–C) groups is 3. The number of nitrogens with zero attached hydrogens (tertiary/aromatic N) is 5. The topological polar surface area (TPSA) is 460 Å². The second-order valence-electron chi connectivity index (χ2n) is 27.1. The number of aryl methyl sites for hydroxylation is 2. The molecule has 0 saturated carbocycles. The lowest BCUT2D eigenvalue weighted by molar-refractivity contribution is -0.124. The van der Waals surface area contributed by atoms with Gasteiger partial charge >= 0.3 is 7.82 Å². The quantitative estimate of drug-likeness (QED) is 0.0603. The standard InChI is InChI=1S/C62H90N13O14P/c1-29-20-39-40(21-30(29)2)75(28-70-39)57-52(84)53(41(27-76)87-57)89-90(85,86)88-31(3)26-69-49(83)18-19-59(8)37(22-46(66)80)56-62(11)61(10,25-48(68)82)36(14-17-45(65)79)51(74-62)33(5)55-60(9,24-47(67)81)34(12-15-43(63)77)38(71-55)23-42-58(6,7)35(13-16-44(64)78)50(72-42)32(4)54(59)73-56/h20-21,23,28,31,34-37,41,52-53,56-57,71,76,84H,12-19,22,24-27H2,1-11H3,(H2,63,77)(H2,64,78)(H2,65,79)(H2,66,80)(H2,67,81)(H2,68,82)(H,69,83)(H,85,86)/b38-23?,50-32?,55-33-/t31-,34-,35-,36-,37+,41-,52?,53?,56-,57+,59-,60+,61+,62+/m1/s1. The van der Waals surface area contributed by atoms with E-state index in [0.717, 1.165) is 11.1 Å². The number of ether oxygens (including phenoxy) is 1. The maximum Gasteiger partial charge on any atom is 0.472 e. The summed E-state index contributed by atoms with van der Waals surface area (Å²) in [5, 5.41) is 28.2. The van der Waals surface area contributed by atoms with Gasteiger partial charge in [-0.05, 0) is 108 Å². The Labute approximate surface area is 523 Å². The summed E-state index contributed by atoms with van der Waals surface area (Å²) in [6.07, 6.45) is -4.26. The Bertz CT molecular complexity index is 3540. The fraction of sp³-hybridized carbons (Fsp3) is 0.629. The molecule has 3 unspecified atom stereocenters. The minimum atomic E-state index is -5.07. The predicted molar refractivity (Wildman–Crippen MR) is 334 cm³/mol. The lowest BCUT2D eigenvalue weighted by Crippen LogP contribution is -2.56. The number of nitrogens with one attached hydrogen (secondary N) is 2. The van der Waals surface area contributed by atoms with Gasteiger partial charge in [-0.15, -0.1) is 0 Å². The number of aliphatic hydroxyl groups excluding tert-OH is 2. The highest BCUT2D eigenvalue weighted by molar-refractivity contribution is 7.47. The highest BCUT2D eigenvalue weighted by Crippen LogP contribution is 2.63. The van der Waals surface area contributed by atoms with Crippen LogP contribution in [0.2, 0.25) is 0 Å². The van der Waals surface area contributed by atoms with Gasteiger partial charge in [0.1, 0.15) is 18.3 Å². The van der Waals surface area contributed by atoms with E-state index in [-0.39, 0.29) is 77.2 Å². The number of carbonyl (C=O) groups excluding carboxylic acids is 7. The molecule has 27 nitrogen and oxygen atoms in total. The zero-order valence-electron chi connectivity index (χ0n) is 53.3. The average Bonchev–Trinajstić information content (AvgIpc) is 1.53. The highest BCUT2D eigenvalue weighted by Gasteiger charge is 2.66. The molecule has 17 N–H and O–H groups in total. The van der Waals surface area contributed by atoms with Crippen molar-refractivity contribution in [1.29, 1.82) is 0 Å². The molecule has 1 aromatic heterocycles. The lowest BCUT2D eigenvalue weighted by atomic mass is 9.55. The highest BCUT2D eigenvalue weighted by atomic mass is 31.2. The number of nitrogens with two attached hydrogens (primary N) is 6. The third kappa shape index (κ3) is 13.0. The molecule has 28 heteroatoms. The van der Waals surface area contributed by atoms with E-state index in [1.165, 1.54) is 13.3 Å². The monoisotopic (exact) mass is 1270 g/mol. The fourth-order valence-corrected chi connectivity index (χ4v) is 16.6. The predicted octanol–water partition coefficient (Wildman–Crippen LogP) is 3.16. The minimum Gasteiger partial charge on any atom is -0.394 e. The van der Waals surface area contributed by atoms with Crippen LogP contribution in [0.4, 0.5) is 0 Å². The van der Waals surface area contributed by atoms with Gasteiger partial charge in [0.15, 0.2) is 6.23 Å². The Morgan fingerprint density at radius 1 is 0.800 bits per heavy atom. The van der Waals surface area contributed by atoms with Crippen LogP contribution < -0.4 is 45.0 Å². The van der Waals surface area contributed by atoms with Crippen LogP contribution in [0.15, 0.2) is 67.8 Å². The number of hydrogen-bond donors (Lipinski definition) is 11. The molecule has 2 saturated heterocycles. The van der Waals surface area contributed by atoms with E-state index in [1.807, 2.05) is 87.4 Å². The van der Waals surface area contributed by atoms with Crippen LogP contribution in [0.1, 0.15) is 150 Å². The molecule has 15 atom stereocenters. The number of imidazole rings is 1.